The van der Waals surface area contributed by atoms with E-state index < -0.39 is 17.8 Å². The average Bonchev–Trinajstić information content (AvgIpc) is 2.35. The van der Waals surface area contributed by atoms with Crippen LogP contribution in [0.25, 0.3) is 0 Å². The Kier molecular flexibility index (Phi) is 5.39. The molecule has 0 spiro atoms. The lowest BCUT2D eigenvalue weighted by molar-refractivity contribution is -0.137. The van der Waals surface area contributed by atoms with Crippen LogP contribution in [-0.4, -0.2) is 5.91 Å². The molecule has 0 radical (unpaired) electrons. The molecule has 1 rings (SSSR count). The number of alkyl halides is 3. The van der Waals surface area contributed by atoms with Crippen LogP contribution in [0.3, 0.4) is 0 Å². The van der Waals surface area contributed by atoms with Gasteiger partial charge in [-0.3, -0.25) is 4.79 Å². The minimum absolute atomic E-state index is 0.133. The van der Waals surface area contributed by atoms with Crippen molar-refractivity contribution in [2.24, 2.45) is 0 Å². The SMILES string of the molecule is CCCCC(=O)NC(C)c1cccc(C(F)(F)F)c1. The molecule has 19 heavy (non-hydrogen) atoms. The molecule has 1 N–H and O–H groups in total. The third-order valence-corrected chi connectivity index (χ3v) is 2.85. The summed E-state index contributed by atoms with van der Waals surface area (Å²) < 4.78 is 37.7. The van der Waals surface area contributed by atoms with Crippen molar-refractivity contribution in [2.75, 3.05) is 0 Å². The van der Waals surface area contributed by atoms with Crippen molar-refractivity contribution in [1.82, 2.24) is 5.32 Å². The summed E-state index contributed by atoms with van der Waals surface area (Å²) in [6.07, 6.45) is -2.27. The van der Waals surface area contributed by atoms with Crippen LogP contribution in [-0.2, 0) is 11.0 Å². The molecule has 0 aliphatic heterocycles. The zero-order chi connectivity index (χ0) is 14.5. The molecule has 1 aromatic carbocycles. The highest BCUT2D eigenvalue weighted by atomic mass is 19.4. The molecule has 1 atom stereocenters. The van der Waals surface area contributed by atoms with Crippen molar-refractivity contribution >= 4 is 5.91 Å². The number of benzene rings is 1. The Morgan fingerprint density at radius 1 is 1.37 bits per heavy atom. The van der Waals surface area contributed by atoms with Gasteiger partial charge in [0.1, 0.15) is 0 Å². The van der Waals surface area contributed by atoms with Crippen molar-refractivity contribution < 1.29 is 18.0 Å². The van der Waals surface area contributed by atoms with Crippen LogP contribution < -0.4 is 5.32 Å². The molecule has 2 nitrogen and oxygen atoms in total. The molecule has 0 bridgehead atoms. The number of hydrogen-bond acceptors (Lipinski definition) is 1. The number of hydrogen-bond donors (Lipinski definition) is 1. The van der Waals surface area contributed by atoms with Gasteiger partial charge in [0, 0.05) is 6.42 Å². The van der Waals surface area contributed by atoms with Gasteiger partial charge in [-0.25, -0.2) is 0 Å². The highest BCUT2D eigenvalue weighted by Crippen LogP contribution is 2.30. The number of rotatable bonds is 5. The molecular weight excluding hydrogens is 255 g/mol. The monoisotopic (exact) mass is 273 g/mol. The quantitative estimate of drug-likeness (QED) is 0.860. The topological polar surface area (TPSA) is 29.1 Å². The third kappa shape index (κ3) is 4.93. The molecule has 0 aromatic heterocycles. The summed E-state index contributed by atoms with van der Waals surface area (Å²) in [5.41, 5.74) is -0.237. The number of halogens is 3. The highest BCUT2D eigenvalue weighted by Gasteiger charge is 2.30. The average molecular weight is 273 g/mol. The Morgan fingerprint density at radius 3 is 2.63 bits per heavy atom. The first-order valence-corrected chi connectivity index (χ1v) is 6.31. The van der Waals surface area contributed by atoms with Gasteiger partial charge in [0.2, 0.25) is 5.91 Å². The molecule has 1 aromatic rings. The van der Waals surface area contributed by atoms with E-state index in [0.717, 1.165) is 25.0 Å². The van der Waals surface area contributed by atoms with Gasteiger partial charge < -0.3 is 5.32 Å². The maximum atomic E-state index is 12.6. The zero-order valence-electron chi connectivity index (χ0n) is 11.1. The summed E-state index contributed by atoms with van der Waals surface area (Å²) in [6.45, 7) is 3.66. The largest absolute Gasteiger partial charge is 0.416 e. The van der Waals surface area contributed by atoms with Crippen molar-refractivity contribution in [3.05, 3.63) is 35.4 Å². The van der Waals surface area contributed by atoms with Gasteiger partial charge in [0.25, 0.3) is 0 Å². The predicted molar refractivity (Wildman–Crippen MR) is 67.5 cm³/mol. The van der Waals surface area contributed by atoms with Crippen LogP contribution in [0, 0.1) is 0 Å². The first kappa shape index (κ1) is 15.5. The Balaban J connectivity index is 2.72. The maximum absolute atomic E-state index is 12.6. The summed E-state index contributed by atoms with van der Waals surface area (Å²) in [5.74, 6) is -0.133. The molecule has 0 saturated carbocycles. The van der Waals surface area contributed by atoms with Crippen LogP contribution in [0.4, 0.5) is 13.2 Å². The predicted octanol–water partition coefficient (Wildman–Crippen LogP) is 4.07. The smallest absolute Gasteiger partial charge is 0.350 e. The summed E-state index contributed by atoms with van der Waals surface area (Å²) >= 11 is 0. The maximum Gasteiger partial charge on any atom is 0.416 e. The molecule has 5 heteroatoms. The van der Waals surface area contributed by atoms with Gasteiger partial charge in [-0.05, 0) is 31.0 Å². The number of amides is 1. The van der Waals surface area contributed by atoms with Crippen LogP contribution in [0.1, 0.15) is 50.3 Å². The fraction of sp³-hybridized carbons (Fsp3) is 0.500. The molecule has 0 fully saturated rings. The standard InChI is InChI=1S/C14H18F3NO/c1-3-4-8-13(19)18-10(2)11-6-5-7-12(9-11)14(15,16)17/h5-7,9-10H,3-4,8H2,1-2H3,(H,18,19). The molecule has 106 valence electrons. The molecule has 0 saturated heterocycles. The first-order valence-electron chi connectivity index (χ1n) is 6.31. The lowest BCUT2D eigenvalue weighted by atomic mass is 10.0. The van der Waals surface area contributed by atoms with Crippen molar-refractivity contribution in [2.45, 2.75) is 45.3 Å². The Morgan fingerprint density at radius 2 is 2.05 bits per heavy atom. The zero-order valence-corrected chi connectivity index (χ0v) is 11.1. The molecule has 1 amide bonds. The van der Waals surface area contributed by atoms with E-state index in [9.17, 15) is 18.0 Å². The Bertz CT molecular complexity index is 429. The second-order valence-electron chi connectivity index (χ2n) is 4.52. The van der Waals surface area contributed by atoms with Gasteiger partial charge in [-0.15, -0.1) is 0 Å². The van der Waals surface area contributed by atoms with E-state index in [1.54, 1.807) is 13.0 Å². The highest BCUT2D eigenvalue weighted by molar-refractivity contribution is 5.76. The number of unbranched alkanes of at least 4 members (excludes halogenated alkanes) is 1. The van der Waals surface area contributed by atoms with E-state index in [0.29, 0.717) is 12.0 Å². The van der Waals surface area contributed by atoms with Crippen molar-refractivity contribution in [3.63, 3.8) is 0 Å². The van der Waals surface area contributed by atoms with E-state index in [4.69, 9.17) is 0 Å². The Hall–Kier alpha value is -1.52. The lowest BCUT2D eigenvalue weighted by Gasteiger charge is -2.16. The first-order chi connectivity index (χ1) is 8.84. The van der Waals surface area contributed by atoms with Gasteiger partial charge in [-0.2, -0.15) is 13.2 Å². The van der Waals surface area contributed by atoms with Crippen molar-refractivity contribution in [1.29, 1.82) is 0 Å². The molecular formula is C14H18F3NO. The molecule has 1 unspecified atom stereocenters. The summed E-state index contributed by atoms with van der Waals surface area (Å²) in [4.78, 5) is 11.5. The van der Waals surface area contributed by atoms with E-state index in [1.165, 1.54) is 6.07 Å². The second kappa shape index (κ2) is 6.59. The summed E-state index contributed by atoms with van der Waals surface area (Å²) in [7, 11) is 0. The molecule has 0 aliphatic rings. The summed E-state index contributed by atoms with van der Waals surface area (Å²) in [6, 6.07) is 4.61. The van der Waals surface area contributed by atoms with E-state index in [2.05, 4.69) is 5.32 Å². The lowest BCUT2D eigenvalue weighted by Crippen LogP contribution is -2.26. The fourth-order valence-electron chi connectivity index (χ4n) is 1.72. The van der Waals surface area contributed by atoms with Gasteiger partial charge >= 0.3 is 6.18 Å². The van der Waals surface area contributed by atoms with Crippen LogP contribution >= 0.6 is 0 Å². The number of carbonyl (C=O) groups excluding carboxylic acids is 1. The molecule has 0 aliphatic carbocycles. The fourth-order valence-corrected chi connectivity index (χ4v) is 1.72. The van der Waals surface area contributed by atoms with Gasteiger partial charge in [-0.1, -0.05) is 25.5 Å². The number of nitrogens with one attached hydrogen (secondary N) is 1. The summed E-state index contributed by atoms with van der Waals surface area (Å²) in [5, 5.41) is 2.70. The molecule has 0 heterocycles. The minimum atomic E-state index is -4.36. The van der Waals surface area contributed by atoms with Crippen LogP contribution in [0.2, 0.25) is 0 Å². The van der Waals surface area contributed by atoms with E-state index in [1.807, 2.05) is 6.92 Å². The van der Waals surface area contributed by atoms with Crippen LogP contribution in [0.15, 0.2) is 24.3 Å². The third-order valence-electron chi connectivity index (χ3n) is 2.85. The van der Waals surface area contributed by atoms with E-state index >= 15 is 0 Å². The minimum Gasteiger partial charge on any atom is -0.350 e. The number of carbonyl (C=O) groups is 1. The Labute approximate surface area is 111 Å². The second-order valence-corrected chi connectivity index (χ2v) is 4.52. The van der Waals surface area contributed by atoms with Gasteiger partial charge in [0.05, 0.1) is 11.6 Å². The van der Waals surface area contributed by atoms with E-state index in [-0.39, 0.29) is 5.91 Å². The van der Waals surface area contributed by atoms with Crippen LogP contribution in [0.5, 0.6) is 0 Å². The van der Waals surface area contributed by atoms with Gasteiger partial charge in [0.15, 0.2) is 0 Å². The normalized spacial score (nSPS) is 13.1. The van der Waals surface area contributed by atoms with Crippen molar-refractivity contribution in [3.8, 4) is 0 Å².